The molecule has 1 amide bonds. The summed E-state index contributed by atoms with van der Waals surface area (Å²) in [6.07, 6.45) is 1.36. The fourth-order valence-corrected chi connectivity index (χ4v) is 3.57. The van der Waals surface area contributed by atoms with Crippen LogP contribution >= 0.6 is 0 Å². The van der Waals surface area contributed by atoms with Crippen molar-refractivity contribution in [3.8, 4) is 0 Å². The van der Waals surface area contributed by atoms with Crippen LogP contribution in [0.25, 0.3) is 0 Å². The van der Waals surface area contributed by atoms with Crippen LogP contribution < -0.4 is 5.73 Å². The van der Waals surface area contributed by atoms with E-state index in [9.17, 15) is 18.0 Å². The van der Waals surface area contributed by atoms with Crippen molar-refractivity contribution in [1.29, 1.82) is 0 Å². The van der Waals surface area contributed by atoms with Gasteiger partial charge in [-0.2, -0.15) is 0 Å². The number of aliphatic carboxylic acids is 1. The Morgan fingerprint density at radius 3 is 2.68 bits per heavy atom. The number of nitrogens with zero attached hydrogens (tertiary/aromatic N) is 1. The normalized spacial score (nSPS) is 23.6. The predicted octanol–water partition coefficient (Wildman–Crippen LogP) is -1.01. The molecule has 0 aromatic rings. The lowest BCUT2D eigenvalue weighted by molar-refractivity contribution is -0.140. The third-order valence-electron chi connectivity index (χ3n) is 2.96. The molecule has 0 bridgehead atoms. The highest BCUT2D eigenvalue weighted by atomic mass is 32.2. The number of carboxylic acids is 1. The van der Waals surface area contributed by atoms with Crippen LogP contribution in [-0.4, -0.2) is 60.4 Å². The molecule has 0 saturated carbocycles. The van der Waals surface area contributed by atoms with Gasteiger partial charge >= 0.3 is 5.97 Å². The van der Waals surface area contributed by atoms with Crippen LogP contribution in [0.5, 0.6) is 0 Å². The largest absolute Gasteiger partial charge is 0.481 e. The third-order valence-corrected chi connectivity index (χ3v) is 4.66. The second kappa shape index (κ2) is 6.16. The van der Waals surface area contributed by atoms with Crippen LogP contribution in [0.15, 0.2) is 12.7 Å². The van der Waals surface area contributed by atoms with Crippen molar-refractivity contribution in [2.75, 3.05) is 18.1 Å². The van der Waals surface area contributed by atoms with E-state index in [1.165, 1.54) is 11.0 Å². The molecule has 2 atom stereocenters. The van der Waals surface area contributed by atoms with Gasteiger partial charge in [0, 0.05) is 6.54 Å². The Balaban J connectivity index is 2.87. The first-order chi connectivity index (χ1) is 8.76. The molecule has 3 N–H and O–H groups in total. The van der Waals surface area contributed by atoms with Crippen LogP contribution in [0.1, 0.15) is 12.8 Å². The Bertz CT molecular complexity index is 473. The van der Waals surface area contributed by atoms with Gasteiger partial charge in [0.2, 0.25) is 5.91 Å². The Morgan fingerprint density at radius 2 is 2.16 bits per heavy atom. The van der Waals surface area contributed by atoms with Crippen LogP contribution in [-0.2, 0) is 19.4 Å². The number of nitrogens with two attached hydrogens (primary N) is 1. The quantitative estimate of drug-likeness (QED) is 0.626. The van der Waals surface area contributed by atoms with Gasteiger partial charge in [-0.05, 0) is 6.42 Å². The van der Waals surface area contributed by atoms with E-state index >= 15 is 0 Å². The van der Waals surface area contributed by atoms with Gasteiger partial charge < -0.3 is 15.7 Å². The molecule has 1 heterocycles. The summed E-state index contributed by atoms with van der Waals surface area (Å²) in [5, 5.41) is 8.80. The molecule has 0 aromatic carbocycles. The molecule has 1 aliphatic rings. The van der Waals surface area contributed by atoms with Crippen molar-refractivity contribution in [3.63, 3.8) is 0 Å². The first-order valence-corrected chi connectivity index (χ1v) is 7.68. The van der Waals surface area contributed by atoms with E-state index in [1.54, 1.807) is 0 Å². The number of rotatable bonds is 5. The zero-order valence-corrected chi connectivity index (χ0v) is 11.3. The van der Waals surface area contributed by atoms with Gasteiger partial charge in [-0.15, -0.1) is 6.58 Å². The van der Waals surface area contributed by atoms with E-state index in [1.807, 2.05) is 0 Å². The van der Waals surface area contributed by atoms with Gasteiger partial charge in [0.15, 0.2) is 9.84 Å². The van der Waals surface area contributed by atoms with Crippen molar-refractivity contribution in [1.82, 2.24) is 4.90 Å². The average Bonchev–Trinajstić information content (AvgIpc) is 2.26. The van der Waals surface area contributed by atoms with E-state index in [-0.39, 0.29) is 24.5 Å². The van der Waals surface area contributed by atoms with E-state index in [0.29, 0.717) is 0 Å². The highest BCUT2D eigenvalue weighted by Gasteiger charge is 2.36. The minimum Gasteiger partial charge on any atom is -0.481 e. The molecule has 0 aliphatic carbocycles. The summed E-state index contributed by atoms with van der Waals surface area (Å²) < 4.78 is 23.1. The third kappa shape index (κ3) is 4.32. The lowest BCUT2D eigenvalue weighted by Gasteiger charge is -2.36. The maximum Gasteiger partial charge on any atom is 0.305 e. The molecule has 1 saturated heterocycles. The molecule has 8 heteroatoms. The zero-order valence-electron chi connectivity index (χ0n) is 10.5. The summed E-state index contributed by atoms with van der Waals surface area (Å²) in [4.78, 5) is 24.1. The fraction of sp³-hybridized carbons (Fsp3) is 0.636. The Labute approximate surface area is 112 Å². The molecular weight excluding hydrogens is 272 g/mol. The number of carboxylic acid groups (broad SMARTS) is 1. The Kier molecular flexibility index (Phi) is 5.07. The molecule has 7 nitrogen and oxygen atoms in total. The number of sulfone groups is 1. The molecular formula is C11H18N2O5S. The summed E-state index contributed by atoms with van der Waals surface area (Å²) in [6.45, 7) is 3.47. The minimum atomic E-state index is -3.30. The van der Waals surface area contributed by atoms with Crippen LogP contribution in [0.2, 0.25) is 0 Å². The van der Waals surface area contributed by atoms with Gasteiger partial charge in [0.05, 0.1) is 30.0 Å². The first-order valence-electron chi connectivity index (χ1n) is 5.86. The summed E-state index contributed by atoms with van der Waals surface area (Å²) in [6, 6.07) is -1.66. The average molecular weight is 290 g/mol. The van der Waals surface area contributed by atoms with E-state index < -0.39 is 40.2 Å². The minimum absolute atomic E-state index is 0.00996. The summed E-state index contributed by atoms with van der Waals surface area (Å²) in [5.41, 5.74) is 5.66. The van der Waals surface area contributed by atoms with Crippen molar-refractivity contribution < 1.29 is 23.1 Å². The molecule has 19 heavy (non-hydrogen) atoms. The maximum atomic E-state index is 12.1. The molecule has 1 fully saturated rings. The number of carbonyl (C=O) groups is 2. The van der Waals surface area contributed by atoms with E-state index in [0.717, 1.165) is 0 Å². The molecule has 0 radical (unpaired) electrons. The van der Waals surface area contributed by atoms with Crippen molar-refractivity contribution >= 4 is 21.7 Å². The predicted molar refractivity (Wildman–Crippen MR) is 69.2 cm³/mol. The highest BCUT2D eigenvalue weighted by Crippen LogP contribution is 2.16. The van der Waals surface area contributed by atoms with E-state index in [2.05, 4.69) is 6.58 Å². The Morgan fingerprint density at radius 1 is 1.53 bits per heavy atom. The standard InChI is InChI=1S/C11H18N2O5S/c1-2-3-9(12)11(16)13-4-5-19(17,18)7-8(13)6-10(14)15/h2,8-9H,1,3-7,12H2,(H,14,15). The van der Waals surface area contributed by atoms with Gasteiger partial charge in [-0.1, -0.05) is 6.08 Å². The van der Waals surface area contributed by atoms with Gasteiger partial charge in [-0.25, -0.2) is 8.42 Å². The number of hydrogen-bond donors (Lipinski definition) is 2. The van der Waals surface area contributed by atoms with Crippen LogP contribution in [0.3, 0.4) is 0 Å². The lowest BCUT2D eigenvalue weighted by Crippen LogP contribution is -2.56. The molecule has 0 spiro atoms. The topological polar surface area (TPSA) is 118 Å². The van der Waals surface area contributed by atoms with Crippen LogP contribution in [0.4, 0.5) is 0 Å². The smallest absolute Gasteiger partial charge is 0.305 e. The van der Waals surface area contributed by atoms with Crippen molar-refractivity contribution in [2.24, 2.45) is 5.73 Å². The second-order valence-electron chi connectivity index (χ2n) is 4.53. The zero-order chi connectivity index (χ0) is 14.6. The van der Waals surface area contributed by atoms with Gasteiger partial charge in [-0.3, -0.25) is 9.59 Å². The Hall–Kier alpha value is -1.41. The highest BCUT2D eigenvalue weighted by molar-refractivity contribution is 7.91. The number of amides is 1. The maximum absolute atomic E-state index is 12.1. The molecule has 1 aliphatic heterocycles. The number of hydrogen-bond acceptors (Lipinski definition) is 5. The lowest BCUT2D eigenvalue weighted by atomic mass is 10.1. The van der Waals surface area contributed by atoms with Gasteiger partial charge in [0.25, 0.3) is 0 Å². The second-order valence-corrected chi connectivity index (χ2v) is 6.76. The number of carbonyl (C=O) groups excluding carboxylic acids is 1. The van der Waals surface area contributed by atoms with Crippen LogP contribution in [0, 0.1) is 0 Å². The summed E-state index contributed by atoms with van der Waals surface area (Å²) in [5.74, 6) is -2.06. The first kappa shape index (κ1) is 15.6. The summed E-state index contributed by atoms with van der Waals surface area (Å²) >= 11 is 0. The van der Waals surface area contributed by atoms with Crippen molar-refractivity contribution in [3.05, 3.63) is 12.7 Å². The molecule has 108 valence electrons. The van der Waals surface area contributed by atoms with Crippen molar-refractivity contribution in [2.45, 2.75) is 24.9 Å². The monoisotopic (exact) mass is 290 g/mol. The van der Waals surface area contributed by atoms with E-state index in [4.69, 9.17) is 10.8 Å². The fourth-order valence-electron chi connectivity index (χ4n) is 2.04. The SMILES string of the molecule is C=CCC(N)C(=O)N1CCS(=O)(=O)CC1CC(=O)O. The summed E-state index contributed by atoms with van der Waals surface area (Å²) in [7, 11) is -3.30. The molecule has 1 rings (SSSR count). The van der Waals surface area contributed by atoms with Gasteiger partial charge in [0.1, 0.15) is 0 Å². The molecule has 0 aromatic heterocycles. The molecule has 2 unspecified atom stereocenters.